The van der Waals surface area contributed by atoms with Gasteiger partial charge in [0.1, 0.15) is 0 Å². The molecule has 0 radical (unpaired) electrons. The van der Waals surface area contributed by atoms with Gasteiger partial charge in [-0.1, -0.05) is 33.8 Å². The summed E-state index contributed by atoms with van der Waals surface area (Å²) in [4.78, 5) is 9.44. The van der Waals surface area contributed by atoms with Crippen LogP contribution >= 0.6 is 11.3 Å². The van der Waals surface area contributed by atoms with Crippen molar-refractivity contribution in [1.29, 1.82) is 0 Å². The molecular weight excluding hydrogens is 434 g/mol. The molecule has 0 spiro atoms. The van der Waals surface area contributed by atoms with E-state index in [-0.39, 0.29) is 5.41 Å². The predicted molar refractivity (Wildman–Crippen MR) is 146 cm³/mol. The van der Waals surface area contributed by atoms with Crippen LogP contribution in [0.5, 0.6) is 0 Å². The third kappa shape index (κ3) is 4.68. The molecule has 0 fully saturated rings. The summed E-state index contributed by atoms with van der Waals surface area (Å²) in [7, 11) is 0. The molecule has 0 aliphatic heterocycles. The molecule has 34 heavy (non-hydrogen) atoms. The fourth-order valence-electron chi connectivity index (χ4n) is 4.94. The Morgan fingerprint density at radius 3 is 2.68 bits per heavy atom. The first-order chi connectivity index (χ1) is 16.4. The Hall–Kier alpha value is -2.90. The second kappa shape index (κ2) is 10.2. The third-order valence-corrected chi connectivity index (χ3v) is 7.57. The Morgan fingerprint density at radius 1 is 1.18 bits per heavy atom. The summed E-state index contributed by atoms with van der Waals surface area (Å²) < 4.78 is 2.48. The molecule has 3 nitrogen and oxygen atoms in total. The van der Waals surface area contributed by atoms with E-state index in [2.05, 4.69) is 85.8 Å². The molecule has 4 aromatic rings. The highest BCUT2D eigenvalue weighted by Gasteiger charge is 2.27. The molecule has 4 rings (SSSR count). The fraction of sp³-hybridized carbons (Fsp3) is 0.400. The zero-order valence-corrected chi connectivity index (χ0v) is 21.9. The van der Waals surface area contributed by atoms with Gasteiger partial charge in [-0.25, -0.2) is 4.98 Å². The lowest BCUT2D eigenvalue weighted by atomic mass is 9.80. The van der Waals surface area contributed by atoms with Gasteiger partial charge in [-0.2, -0.15) is 0 Å². The molecule has 176 valence electrons. The van der Waals surface area contributed by atoms with Gasteiger partial charge in [0.25, 0.3) is 0 Å². The number of rotatable bonds is 9. The Morgan fingerprint density at radius 2 is 2.00 bits per heavy atom. The van der Waals surface area contributed by atoms with E-state index >= 15 is 0 Å². The molecule has 0 saturated heterocycles. The van der Waals surface area contributed by atoms with E-state index in [9.17, 15) is 0 Å². The largest absolute Gasteiger partial charge is 0.340 e. The van der Waals surface area contributed by atoms with Crippen molar-refractivity contribution in [2.45, 2.75) is 72.8 Å². The number of benzene rings is 1. The van der Waals surface area contributed by atoms with Crippen molar-refractivity contribution in [2.24, 2.45) is 5.41 Å². The fourth-order valence-corrected chi connectivity index (χ4v) is 5.50. The summed E-state index contributed by atoms with van der Waals surface area (Å²) >= 11 is 1.64. The molecule has 3 aromatic heterocycles. The van der Waals surface area contributed by atoms with Crippen molar-refractivity contribution < 1.29 is 0 Å². The van der Waals surface area contributed by atoms with Crippen LogP contribution in [0, 0.1) is 17.8 Å². The van der Waals surface area contributed by atoms with Crippen molar-refractivity contribution in [3.63, 3.8) is 0 Å². The van der Waals surface area contributed by atoms with Crippen LogP contribution in [0.3, 0.4) is 0 Å². The summed E-state index contributed by atoms with van der Waals surface area (Å²) in [6.45, 7) is 12.3. The van der Waals surface area contributed by atoms with E-state index in [1.54, 1.807) is 11.3 Å². The SMILES string of the molecule is C#CCCC(C)(C)Cc1c(-c2cccnc2C(C)CC)n(CC)c2ccc(-c3cscn3)cc12. The van der Waals surface area contributed by atoms with Crippen molar-refractivity contribution in [3.8, 4) is 34.9 Å². The lowest BCUT2D eigenvalue weighted by molar-refractivity contribution is 0.339. The molecule has 1 unspecified atom stereocenters. The first-order valence-corrected chi connectivity index (χ1v) is 13.3. The zero-order valence-electron chi connectivity index (χ0n) is 21.1. The van der Waals surface area contributed by atoms with Gasteiger partial charge in [-0.3, -0.25) is 4.98 Å². The maximum atomic E-state index is 5.64. The summed E-state index contributed by atoms with van der Waals surface area (Å²) in [5.74, 6) is 3.24. The Labute approximate surface area is 208 Å². The lowest BCUT2D eigenvalue weighted by Gasteiger charge is -2.25. The van der Waals surface area contributed by atoms with Crippen LogP contribution in [0.1, 0.15) is 71.1 Å². The average Bonchev–Trinajstić information content (AvgIpc) is 3.48. The standard InChI is InChI=1S/C30H35N3S/c1-7-10-15-30(5,6)18-25-24-17-22(26-19-34-20-32-26)13-14-27(24)33(9-3)29(25)23-12-11-16-31-28(23)21(4)8-2/h1,11-14,16-17,19-21H,8-10,15,18H2,2-6H3. The number of thiazole rings is 1. The molecule has 0 N–H and O–H groups in total. The van der Waals surface area contributed by atoms with Crippen LogP contribution in [0.2, 0.25) is 0 Å². The summed E-state index contributed by atoms with van der Waals surface area (Å²) in [6, 6.07) is 11.2. The number of hydrogen-bond donors (Lipinski definition) is 0. The van der Waals surface area contributed by atoms with Gasteiger partial charge in [-0.15, -0.1) is 23.7 Å². The minimum atomic E-state index is 0.0867. The first-order valence-electron chi connectivity index (χ1n) is 12.3. The summed E-state index contributed by atoms with van der Waals surface area (Å²) in [5, 5.41) is 3.44. The van der Waals surface area contributed by atoms with Crippen molar-refractivity contribution in [2.75, 3.05) is 0 Å². The molecule has 0 bridgehead atoms. The van der Waals surface area contributed by atoms with Crippen LogP contribution in [-0.2, 0) is 13.0 Å². The molecule has 3 heterocycles. The third-order valence-electron chi connectivity index (χ3n) is 6.99. The molecular formula is C30H35N3S. The zero-order chi connectivity index (χ0) is 24.3. The first kappa shape index (κ1) is 24.2. The second-order valence-corrected chi connectivity index (χ2v) is 10.7. The van der Waals surface area contributed by atoms with Crippen LogP contribution in [0.4, 0.5) is 0 Å². The van der Waals surface area contributed by atoms with Crippen LogP contribution in [0.15, 0.2) is 47.4 Å². The van der Waals surface area contributed by atoms with Crippen molar-refractivity contribution in [3.05, 3.63) is 58.7 Å². The number of nitrogens with zero attached hydrogens (tertiary/aromatic N) is 3. The Bertz CT molecular complexity index is 1310. The quantitative estimate of drug-likeness (QED) is 0.231. The molecule has 0 aliphatic carbocycles. The smallest absolute Gasteiger partial charge is 0.0811 e. The van der Waals surface area contributed by atoms with E-state index in [1.165, 1.54) is 39.0 Å². The number of aryl methyl sites for hydroxylation is 1. The van der Waals surface area contributed by atoms with Gasteiger partial charge < -0.3 is 4.57 Å². The van der Waals surface area contributed by atoms with Gasteiger partial charge in [0, 0.05) is 46.6 Å². The van der Waals surface area contributed by atoms with Gasteiger partial charge in [-0.05, 0) is 67.3 Å². The molecule has 0 amide bonds. The molecule has 0 aliphatic rings. The highest BCUT2D eigenvalue weighted by molar-refractivity contribution is 7.07. The number of hydrogen-bond acceptors (Lipinski definition) is 3. The molecule has 4 heteroatoms. The van der Waals surface area contributed by atoms with Gasteiger partial charge in [0.15, 0.2) is 0 Å². The number of aromatic nitrogens is 3. The maximum absolute atomic E-state index is 5.64. The maximum Gasteiger partial charge on any atom is 0.0811 e. The van der Waals surface area contributed by atoms with Crippen LogP contribution in [-0.4, -0.2) is 14.5 Å². The second-order valence-electron chi connectivity index (χ2n) is 9.97. The number of fused-ring (bicyclic) bond motifs is 1. The van der Waals surface area contributed by atoms with Crippen molar-refractivity contribution >= 4 is 22.2 Å². The van der Waals surface area contributed by atoms with Gasteiger partial charge in [0.2, 0.25) is 0 Å². The van der Waals surface area contributed by atoms with Gasteiger partial charge >= 0.3 is 0 Å². The minimum absolute atomic E-state index is 0.0867. The molecule has 1 atom stereocenters. The monoisotopic (exact) mass is 469 g/mol. The van der Waals surface area contributed by atoms with E-state index in [1.807, 2.05) is 11.7 Å². The Kier molecular flexibility index (Phi) is 7.24. The number of terminal acetylenes is 1. The predicted octanol–water partition coefficient (Wildman–Crippen LogP) is 8.34. The average molecular weight is 470 g/mol. The van der Waals surface area contributed by atoms with Crippen LogP contribution in [0.25, 0.3) is 33.4 Å². The highest BCUT2D eigenvalue weighted by atomic mass is 32.1. The van der Waals surface area contributed by atoms with Gasteiger partial charge in [0.05, 0.1) is 22.6 Å². The topological polar surface area (TPSA) is 30.7 Å². The van der Waals surface area contributed by atoms with Crippen molar-refractivity contribution in [1.82, 2.24) is 14.5 Å². The minimum Gasteiger partial charge on any atom is -0.340 e. The normalized spacial score (nSPS) is 12.7. The summed E-state index contributed by atoms with van der Waals surface area (Å²) in [6.07, 6.45) is 11.4. The lowest BCUT2D eigenvalue weighted by Crippen LogP contribution is -2.16. The van der Waals surface area contributed by atoms with E-state index < -0.39 is 0 Å². The Balaban J connectivity index is 2.02. The number of pyridine rings is 1. The molecule has 0 saturated carbocycles. The highest BCUT2D eigenvalue weighted by Crippen LogP contribution is 2.42. The van der Waals surface area contributed by atoms with E-state index in [0.29, 0.717) is 5.92 Å². The summed E-state index contributed by atoms with van der Waals surface area (Å²) in [5.41, 5.74) is 10.6. The van der Waals surface area contributed by atoms with E-state index in [4.69, 9.17) is 11.4 Å². The molecule has 1 aromatic carbocycles. The van der Waals surface area contributed by atoms with E-state index in [0.717, 1.165) is 37.9 Å². The van der Waals surface area contributed by atoms with Crippen LogP contribution < -0.4 is 0 Å².